The summed E-state index contributed by atoms with van der Waals surface area (Å²) >= 11 is 0. The van der Waals surface area contributed by atoms with Crippen molar-refractivity contribution >= 4 is 5.91 Å². The number of hydrogen-bond donors (Lipinski definition) is 0. The molecular formula is C24H24N4O2. The van der Waals surface area contributed by atoms with Gasteiger partial charge in [-0.05, 0) is 24.1 Å². The molecule has 6 nitrogen and oxygen atoms in total. The van der Waals surface area contributed by atoms with Gasteiger partial charge in [-0.15, -0.1) is 0 Å². The molecule has 4 rings (SSSR count). The standard InChI is InChI=1S/C24H24N4O2/c1-27(14-5-8-22-16-23(26-30-22)20-6-3-2-4-7-20)24(29)21-11-9-19(10-12-21)17-28-15-13-25-18-28/h2-4,6-7,9-13,15-16,18H,5,8,14,17H2,1H3. The van der Waals surface area contributed by atoms with Gasteiger partial charge in [0.1, 0.15) is 11.5 Å². The fraction of sp³-hybridized carbons (Fsp3) is 0.208. The Morgan fingerprint density at radius 2 is 1.90 bits per heavy atom. The summed E-state index contributed by atoms with van der Waals surface area (Å²) in [6.07, 6.45) is 7.01. The summed E-state index contributed by atoms with van der Waals surface area (Å²) in [6, 6.07) is 19.7. The summed E-state index contributed by atoms with van der Waals surface area (Å²) in [6.45, 7) is 1.39. The Bertz CT molecular complexity index is 1070. The van der Waals surface area contributed by atoms with E-state index in [-0.39, 0.29) is 5.91 Å². The third-order valence-corrected chi connectivity index (χ3v) is 5.02. The molecule has 0 bridgehead atoms. The minimum Gasteiger partial charge on any atom is -0.361 e. The van der Waals surface area contributed by atoms with Crippen molar-refractivity contribution in [1.82, 2.24) is 19.6 Å². The van der Waals surface area contributed by atoms with E-state index in [9.17, 15) is 4.79 Å². The maximum absolute atomic E-state index is 12.7. The SMILES string of the molecule is CN(CCCc1cc(-c2ccccc2)no1)C(=O)c1ccc(Cn2ccnc2)cc1. The van der Waals surface area contributed by atoms with Crippen molar-refractivity contribution < 1.29 is 9.32 Å². The molecular weight excluding hydrogens is 376 g/mol. The Kier molecular flexibility index (Phi) is 6.03. The first-order valence-corrected chi connectivity index (χ1v) is 10.0. The second kappa shape index (κ2) is 9.22. The summed E-state index contributed by atoms with van der Waals surface area (Å²) in [5.74, 6) is 0.852. The number of aromatic nitrogens is 3. The smallest absolute Gasteiger partial charge is 0.253 e. The molecule has 2 aromatic carbocycles. The predicted molar refractivity (Wildman–Crippen MR) is 115 cm³/mol. The largest absolute Gasteiger partial charge is 0.361 e. The highest BCUT2D eigenvalue weighted by Gasteiger charge is 2.12. The van der Waals surface area contributed by atoms with Crippen molar-refractivity contribution in [3.63, 3.8) is 0 Å². The quantitative estimate of drug-likeness (QED) is 0.443. The highest BCUT2D eigenvalue weighted by atomic mass is 16.5. The molecule has 0 saturated carbocycles. The molecule has 0 atom stereocenters. The third-order valence-electron chi connectivity index (χ3n) is 5.02. The van der Waals surface area contributed by atoms with Crippen LogP contribution in [0.25, 0.3) is 11.3 Å². The number of nitrogens with zero attached hydrogens (tertiary/aromatic N) is 4. The van der Waals surface area contributed by atoms with E-state index in [1.165, 1.54) is 0 Å². The van der Waals surface area contributed by atoms with Crippen molar-refractivity contribution in [2.24, 2.45) is 0 Å². The topological polar surface area (TPSA) is 64.2 Å². The molecule has 0 fully saturated rings. The lowest BCUT2D eigenvalue weighted by Crippen LogP contribution is -2.28. The van der Waals surface area contributed by atoms with Gasteiger partial charge in [-0.3, -0.25) is 4.79 Å². The van der Waals surface area contributed by atoms with Gasteiger partial charge in [0.2, 0.25) is 0 Å². The molecule has 30 heavy (non-hydrogen) atoms. The molecule has 4 aromatic rings. The maximum Gasteiger partial charge on any atom is 0.253 e. The zero-order chi connectivity index (χ0) is 20.8. The van der Waals surface area contributed by atoms with Crippen LogP contribution in [-0.2, 0) is 13.0 Å². The van der Waals surface area contributed by atoms with Gasteiger partial charge >= 0.3 is 0 Å². The Morgan fingerprint density at radius 1 is 1.10 bits per heavy atom. The summed E-state index contributed by atoms with van der Waals surface area (Å²) in [4.78, 5) is 18.5. The van der Waals surface area contributed by atoms with Crippen LogP contribution in [0.3, 0.4) is 0 Å². The van der Waals surface area contributed by atoms with E-state index in [0.29, 0.717) is 12.1 Å². The maximum atomic E-state index is 12.7. The number of carbonyl (C=O) groups excluding carboxylic acids is 1. The highest BCUT2D eigenvalue weighted by molar-refractivity contribution is 5.94. The second-order valence-corrected chi connectivity index (χ2v) is 7.31. The lowest BCUT2D eigenvalue weighted by Gasteiger charge is -2.17. The molecule has 6 heteroatoms. The van der Waals surface area contributed by atoms with Crippen molar-refractivity contribution in [3.05, 3.63) is 96.3 Å². The van der Waals surface area contributed by atoms with Gasteiger partial charge in [0.05, 0.1) is 6.33 Å². The number of carbonyl (C=O) groups is 1. The highest BCUT2D eigenvalue weighted by Crippen LogP contribution is 2.19. The second-order valence-electron chi connectivity index (χ2n) is 7.31. The zero-order valence-electron chi connectivity index (χ0n) is 16.9. The molecule has 0 N–H and O–H groups in total. The molecule has 0 saturated heterocycles. The monoisotopic (exact) mass is 400 g/mol. The minimum absolute atomic E-state index is 0.0201. The Morgan fingerprint density at radius 3 is 2.63 bits per heavy atom. The van der Waals surface area contributed by atoms with E-state index in [1.54, 1.807) is 17.4 Å². The molecule has 0 aliphatic rings. The van der Waals surface area contributed by atoms with E-state index in [1.807, 2.05) is 78.5 Å². The lowest BCUT2D eigenvalue weighted by molar-refractivity contribution is 0.0793. The molecule has 0 aliphatic heterocycles. The first-order valence-electron chi connectivity index (χ1n) is 10.0. The van der Waals surface area contributed by atoms with Crippen LogP contribution < -0.4 is 0 Å². The van der Waals surface area contributed by atoms with Crippen molar-refractivity contribution in [2.45, 2.75) is 19.4 Å². The van der Waals surface area contributed by atoms with Crippen LogP contribution in [0.15, 0.2) is 83.9 Å². The number of hydrogen-bond acceptors (Lipinski definition) is 4. The van der Waals surface area contributed by atoms with Crippen LogP contribution in [0.5, 0.6) is 0 Å². The molecule has 0 radical (unpaired) electrons. The normalized spacial score (nSPS) is 10.8. The number of rotatable bonds is 8. The third kappa shape index (κ3) is 4.84. The predicted octanol–water partition coefficient (Wildman–Crippen LogP) is 4.29. The number of aryl methyl sites for hydroxylation is 1. The molecule has 2 aromatic heterocycles. The molecule has 152 valence electrons. The fourth-order valence-corrected chi connectivity index (χ4v) is 3.33. The Labute approximate surface area is 175 Å². The summed E-state index contributed by atoms with van der Waals surface area (Å²) < 4.78 is 7.44. The van der Waals surface area contributed by atoms with Gasteiger partial charge in [-0.25, -0.2) is 4.98 Å². The first kappa shape index (κ1) is 19.6. The number of imidazole rings is 1. The summed E-state index contributed by atoms with van der Waals surface area (Å²) in [7, 11) is 1.83. The van der Waals surface area contributed by atoms with Crippen molar-refractivity contribution in [2.75, 3.05) is 13.6 Å². The van der Waals surface area contributed by atoms with E-state index in [2.05, 4.69) is 10.1 Å². The van der Waals surface area contributed by atoms with E-state index in [0.717, 1.165) is 42.0 Å². The number of benzene rings is 2. The molecule has 1 amide bonds. The van der Waals surface area contributed by atoms with Crippen LogP contribution in [0.2, 0.25) is 0 Å². The molecule has 2 heterocycles. The summed E-state index contributed by atoms with van der Waals surface area (Å²) in [5, 5.41) is 4.14. The van der Waals surface area contributed by atoms with Gasteiger partial charge in [-0.1, -0.05) is 47.6 Å². The molecule has 0 aliphatic carbocycles. The van der Waals surface area contributed by atoms with Crippen LogP contribution in [0.1, 0.15) is 28.1 Å². The van der Waals surface area contributed by atoms with E-state index < -0.39 is 0 Å². The molecule has 0 spiro atoms. The van der Waals surface area contributed by atoms with Crippen LogP contribution in [0.4, 0.5) is 0 Å². The number of amides is 1. The summed E-state index contributed by atoms with van der Waals surface area (Å²) in [5.41, 5.74) is 3.70. The average molecular weight is 400 g/mol. The van der Waals surface area contributed by atoms with Gasteiger partial charge in [0.25, 0.3) is 5.91 Å². The minimum atomic E-state index is 0.0201. The van der Waals surface area contributed by atoms with E-state index in [4.69, 9.17) is 4.52 Å². The van der Waals surface area contributed by atoms with Gasteiger partial charge in [-0.2, -0.15) is 0 Å². The van der Waals surface area contributed by atoms with Gasteiger partial charge in [0.15, 0.2) is 0 Å². The molecule has 0 unspecified atom stereocenters. The van der Waals surface area contributed by atoms with E-state index >= 15 is 0 Å². The first-order chi connectivity index (χ1) is 14.7. The van der Waals surface area contributed by atoms with Crippen molar-refractivity contribution in [3.8, 4) is 11.3 Å². The van der Waals surface area contributed by atoms with Gasteiger partial charge in [0, 0.05) is 56.1 Å². The zero-order valence-corrected chi connectivity index (χ0v) is 16.9. The lowest BCUT2D eigenvalue weighted by atomic mass is 10.1. The van der Waals surface area contributed by atoms with Crippen LogP contribution in [0, 0.1) is 0 Å². The fourth-order valence-electron chi connectivity index (χ4n) is 3.33. The average Bonchev–Trinajstić information content (AvgIpc) is 3.47. The van der Waals surface area contributed by atoms with Crippen LogP contribution in [-0.4, -0.2) is 39.1 Å². The van der Waals surface area contributed by atoms with Crippen LogP contribution >= 0.6 is 0 Å². The Balaban J connectivity index is 1.27. The van der Waals surface area contributed by atoms with Gasteiger partial charge < -0.3 is 14.0 Å². The van der Waals surface area contributed by atoms with Crippen molar-refractivity contribution in [1.29, 1.82) is 0 Å². The Hall–Kier alpha value is -3.67.